The molecule has 2 fully saturated rings. The lowest BCUT2D eigenvalue weighted by Crippen LogP contribution is -2.52. The second-order valence-corrected chi connectivity index (χ2v) is 6.09. The van der Waals surface area contributed by atoms with Crippen molar-refractivity contribution in [2.24, 2.45) is 0 Å². The summed E-state index contributed by atoms with van der Waals surface area (Å²) >= 11 is 0. The van der Waals surface area contributed by atoms with Crippen LogP contribution in [0.15, 0.2) is 36.1 Å². The van der Waals surface area contributed by atoms with Gasteiger partial charge >= 0.3 is 11.9 Å². The van der Waals surface area contributed by atoms with Crippen molar-refractivity contribution in [2.75, 3.05) is 7.05 Å². The number of hydrogen-bond acceptors (Lipinski definition) is 5. The zero-order valence-corrected chi connectivity index (χ0v) is 12.4. The largest absolute Gasteiger partial charge is 0.435 e. The molecule has 0 radical (unpaired) electrons. The summed E-state index contributed by atoms with van der Waals surface area (Å²) in [4.78, 5) is 25.9. The first-order valence-electron chi connectivity index (χ1n) is 7.55. The molecule has 1 aromatic carbocycles. The Balaban J connectivity index is 1.92. The van der Waals surface area contributed by atoms with Crippen molar-refractivity contribution in [1.82, 2.24) is 4.90 Å². The molecule has 0 amide bonds. The van der Waals surface area contributed by atoms with Gasteiger partial charge in [-0.1, -0.05) is 30.3 Å². The summed E-state index contributed by atoms with van der Waals surface area (Å²) in [5.74, 6) is -0.545. The Morgan fingerprint density at radius 1 is 1.18 bits per heavy atom. The van der Waals surface area contributed by atoms with Gasteiger partial charge in [0.2, 0.25) is 5.72 Å². The number of nitrogens with zero attached hydrogens (tertiary/aromatic N) is 1. The van der Waals surface area contributed by atoms with E-state index in [9.17, 15) is 9.59 Å². The smallest absolute Gasteiger partial charge is 0.322 e. The Hall–Kier alpha value is -2.14. The summed E-state index contributed by atoms with van der Waals surface area (Å²) < 4.78 is 11.3. The minimum absolute atomic E-state index is 0.295. The predicted molar refractivity (Wildman–Crippen MR) is 78.3 cm³/mol. The Morgan fingerprint density at radius 2 is 1.95 bits per heavy atom. The molecule has 114 valence electrons. The summed E-state index contributed by atoms with van der Waals surface area (Å²) in [6.07, 6.45) is 2.05. The minimum Gasteiger partial charge on any atom is -0.435 e. The fourth-order valence-electron chi connectivity index (χ4n) is 3.80. The third kappa shape index (κ3) is 1.82. The van der Waals surface area contributed by atoms with E-state index in [2.05, 4.69) is 0 Å². The molecule has 22 heavy (non-hydrogen) atoms. The van der Waals surface area contributed by atoms with Crippen LogP contribution in [0.25, 0.3) is 5.57 Å². The highest BCUT2D eigenvalue weighted by Gasteiger charge is 2.57. The van der Waals surface area contributed by atoms with Gasteiger partial charge in [-0.15, -0.1) is 0 Å². The van der Waals surface area contributed by atoms with Crippen molar-refractivity contribution in [1.29, 1.82) is 0 Å². The SMILES string of the molecule is CN1C2CCC13OC(=O)CC(=O)OC3=C(c1ccccc1)C2. The summed E-state index contributed by atoms with van der Waals surface area (Å²) in [5, 5.41) is 0. The molecular formula is C17H17NO4. The molecule has 0 saturated carbocycles. The Labute approximate surface area is 128 Å². The first-order chi connectivity index (χ1) is 10.6. The van der Waals surface area contributed by atoms with Gasteiger partial charge in [0.1, 0.15) is 6.42 Å². The number of benzene rings is 1. The molecular weight excluding hydrogens is 282 g/mol. The quantitative estimate of drug-likeness (QED) is 0.587. The fourth-order valence-corrected chi connectivity index (χ4v) is 3.80. The molecule has 2 atom stereocenters. The van der Waals surface area contributed by atoms with Crippen LogP contribution in [0.2, 0.25) is 0 Å². The molecule has 2 saturated heterocycles. The number of rotatable bonds is 1. The first kappa shape index (κ1) is 13.5. The predicted octanol–water partition coefficient (Wildman–Crippen LogP) is 2.08. The fraction of sp³-hybridized carbons (Fsp3) is 0.412. The van der Waals surface area contributed by atoms with Crippen molar-refractivity contribution < 1.29 is 19.1 Å². The lowest BCUT2D eigenvalue weighted by atomic mass is 9.92. The minimum atomic E-state index is -0.919. The number of esters is 2. The molecule has 4 rings (SSSR count). The number of ether oxygens (including phenoxy) is 2. The van der Waals surface area contributed by atoms with E-state index >= 15 is 0 Å². The van der Waals surface area contributed by atoms with Crippen molar-refractivity contribution in [3.8, 4) is 0 Å². The molecule has 1 spiro atoms. The van der Waals surface area contributed by atoms with Crippen LogP contribution in [0, 0.1) is 0 Å². The lowest BCUT2D eigenvalue weighted by molar-refractivity contribution is -0.172. The lowest BCUT2D eigenvalue weighted by Gasteiger charge is -2.41. The normalized spacial score (nSPS) is 31.4. The molecule has 5 nitrogen and oxygen atoms in total. The van der Waals surface area contributed by atoms with Gasteiger partial charge in [-0.2, -0.15) is 0 Å². The summed E-state index contributed by atoms with van der Waals surface area (Å²) in [6.45, 7) is 0. The Morgan fingerprint density at radius 3 is 2.73 bits per heavy atom. The summed E-state index contributed by atoms with van der Waals surface area (Å²) in [7, 11) is 1.94. The van der Waals surface area contributed by atoms with Crippen molar-refractivity contribution >= 4 is 17.5 Å². The van der Waals surface area contributed by atoms with E-state index in [0.29, 0.717) is 18.2 Å². The number of carbonyl (C=O) groups excluding carboxylic acids is 2. The van der Waals surface area contributed by atoms with Gasteiger partial charge in [-0.05, 0) is 25.5 Å². The zero-order valence-electron chi connectivity index (χ0n) is 12.4. The highest BCUT2D eigenvalue weighted by atomic mass is 16.6. The van der Waals surface area contributed by atoms with Crippen LogP contribution < -0.4 is 0 Å². The molecule has 0 aromatic heterocycles. The van der Waals surface area contributed by atoms with E-state index in [1.807, 2.05) is 42.3 Å². The standard InChI is InChI=1S/C17H17NO4/c1-18-12-7-8-17(18)16(21-14(19)10-15(20)22-17)13(9-12)11-5-3-2-4-6-11/h2-6,12H,7-10H2,1H3. The zero-order chi connectivity index (χ0) is 15.3. The van der Waals surface area contributed by atoms with E-state index in [0.717, 1.165) is 24.0 Å². The number of hydrogen-bond donors (Lipinski definition) is 0. The van der Waals surface area contributed by atoms with E-state index in [4.69, 9.17) is 9.47 Å². The maximum Gasteiger partial charge on any atom is 0.322 e. The van der Waals surface area contributed by atoms with E-state index in [1.165, 1.54) is 0 Å². The maximum atomic E-state index is 11.9. The molecule has 1 aromatic rings. The highest BCUT2D eigenvalue weighted by Crippen LogP contribution is 2.51. The van der Waals surface area contributed by atoms with Gasteiger partial charge in [0.15, 0.2) is 5.76 Å². The molecule has 3 aliphatic heterocycles. The van der Waals surface area contributed by atoms with Gasteiger partial charge in [0.25, 0.3) is 0 Å². The highest BCUT2D eigenvalue weighted by molar-refractivity contribution is 5.94. The molecule has 0 aliphatic carbocycles. The monoisotopic (exact) mass is 299 g/mol. The topological polar surface area (TPSA) is 55.8 Å². The molecule has 0 N–H and O–H groups in total. The number of likely N-dealkylation sites (N-methyl/N-ethyl adjacent to an activating group) is 1. The maximum absolute atomic E-state index is 11.9. The second-order valence-electron chi connectivity index (χ2n) is 6.09. The molecule has 5 heteroatoms. The van der Waals surface area contributed by atoms with Crippen LogP contribution in [-0.4, -0.2) is 35.7 Å². The van der Waals surface area contributed by atoms with Crippen molar-refractivity contribution in [3.63, 3.8) is 0 Å². The average Bonchev–Trinajstić information content (AvgIpc) is 2.65. The summed E-state index contributed by atoms with van der Waals surface area (Å²) in [5.41, 5.74) is 1.08. The molecule has 3 aliphatic rings. The number of carbonyl (C=O) groups is 2. The third-order valence-electron chi connectivity index (χ3n) is 4.91. The van der Waals surface area contributed by atoms with Crippen LogP contribution in [0.1, 0.15) is 31.2 Å². The van der Waals surface area contributed by atoms with Gasteiger partial charge in [0.05, 0.1) is 0 Å². The van der Waals surface area contributed by atoms with Crippen LogP contribution >= 0.6 is 0 Å². The average molecular weight is 299 g/mol. The number of fused-ring (bicyclic) bond motifs is 1. The van der Waals surface area contributed by atoms with E-state index < -0.39 is 17.7 Å². The second kappa shape index (κ2) is 4.68. The van der Waals surface area contributed by atoms with Crippen LogP contribution in [0.3, 0.4) is 0 Å². The molecule has 2 bridgehead atoms. The molecule has 2 unspecified atom stereocenters. The Kier molecular flexibility index (Phi) is 2.87. The van der Waals surface area contributed by atoms with E-state index in [1.54, 1.807) is 0 Å². The van der Waals surface area contributed by atoms with Gasteiger partial charge in [-0.25, -0.2) is 0 Å². The van der Waals surface area contributed by atoms with Gasteiger partial charge < -0.3 is 9.47 Å². The first-order valence-corrected chi connectivity index (χ1v) is 7.55. The van der Waals surface area contributed by atoms with E-state index in [-0.39, 0.29) is 6.42 Å². The van der Waals surface area contributed by atoms with Crippen LogP contribution in [0.4, 0.5) is 0 Å². The summed E-state index contributed by atoms with van der Waals surface area (Å²) in [6, 6.07) is 10.2. The molecule has 3 heterocycles. The van der Waals surface area contributed by atoms with Crippen molar-refractivity contribution in [2.45, 2.75) is 37.5 Å². The van der Waals surface area contributed by atoms with Crippen molar-refractivity contribution in [3.05, 3.63) is 41.7 Å². The Bertz CT molecular complexity index is 681. The third-order valence-corrected chi connectivity index (χ3v) is 4.91. The van der Waals surface area contributed by atoms with Crippen LogP contribution in [-0.2, 0) is 19.1 Å². The van der Waals surface area contributed by atoms with Gasteiger partial charge in [0, 0.05) is 18.0 Å². The van der Waals surface area contributed by atoms with Crippen LogP contribution in [0.5, 0.6) is 0 Å². The van der Waals surface area contributed by atoms with Gasteiger partial charge in [-0.3, -0.25) is 14.5 Å².